The van der Waals surface area contributed by atoms with Crippen molar-refractivity contribution in [1.82, 2.24) is 14.9 Å². The summed E-state index contributed by atoms with van der Waals surface area (Å²) in [5.41, 5.74) is 0. The molecule has 1 aliphatic heterocycles. The van der Waals surface area contributed by atoms with Gasteiger partial charge in [0.15, 0.2) is 0 Å². The molecule has 1 aliphatic carbocycles. The quantitative estimate of drug-likeness (QED) is 0.745. The zero-order valence-corrected chi connectivity index (χ0v) is 14.7. The number of rotatable bonds is 5. The minimum atomic E-state index is -3.29. The molecule has 0 radical (unpaired) electrons. The van der Waals surface area contributed by atoms with Gasteiger partial charge in [-0.05, 0) is 31.6 Å². The fourth-order valence-electron chi connectivity index (χ4n) is 3.66. The molecule has 0 bridgehead atoms. The molecule has 7 nitrogen and oxygen atoms in total. The summed E-state index contributed by atoms with van der Waals surface area (Å²) < 4.78 is 25.4. The molecule has 23 heavy (non-hydrogen) atoms. The van der Waals surface area contributed by atoms with Crippen LogP contribution in [0.2, 0.25) is 0 Å². The van der Waals surface area contributed by atoms with Crippen molar-refractivity contribution in [1.29, 1.82) is 0 Å². The van der Waals surface area contributed by atoms with E-state index >= 15 is 0 Å². The molecular formula is C15H27N3O4S. The molecule has 2 fully saturated rings. The third-order valence-corrected chi connectivity index (χ3v) is 5.37. The Bertz CT molecular complexity index is 543. The summed E-state index contributed by atoms with van der Waals surface area (Å²) >= 11 is 0. The number of piperidine rings is 1. The summed E-state index contributed by atoms with van der Waals surface area (Å²) in [6, 6.07) is -0.726. The highest BCUT2D eigenvalue weighted by molar-refractivity contribution is 7.88. The van der Waals surface area contributed by atoms with E-state index in [0.29, 0.717) is 13.1 Å². The van der Waals surface area contributed by atoms with Crippen LogP contribution in [0.3, 0.4) is 0 Å². The Kier molecular flexibility index (Phi) is 6.02. The van der Waals surface area contributed by atoms with Gasteiger partial charge < -0.3 is 10.2 Å². The van der Waals surface area contributed by atoms with Crippen LogP contribution >= 0.6 is 0 Å². The molecule has 1 saturated heterocycles. The highest BCUT2D eigenvalue weighted by Crippen LogP contribution is 2.29. The van der Waals surface area contributed by atoms with E-state index in [4.69, 9.17) is 0 Å². The Hall–Kier alpha value is -1.15. The molecule has 0 spiro atoms. The summed E-state index contributed by atoms with van der Waals surface area (Å²) in [6.45, 7) is 2.41. The van der Waals surface area contributed by atoms with Crippen LogP contribution in [0.4, 0.5) is 0 Å². The number of carbonyl (C=O) groups is 2. The number of hydrogen-bond acceptors (Lipinski definition) is 4. The summed E-state index contributed by atoms with van der Waals surface area (Å²) in [5.74, 6) is -0.0835. The second-order valence-electron chi connectivity index (χ2n) is 6.74. The summed E-state index contributed by atoms with van der Waals surface area (Å²) in [5, 5.41) is 2.81. The predicted octanol–water partition coefficient (Wildman–Crippen LogP) is 0.222. The monoisotopic (exact) mass is 345 g/mol. The average Bonchev–Trinajstić information content (AvgIpc) is 2.96. The second-order valence-corrected chi connectivity index (χ2v) is 8.52. The van der Waals surface area contributed by atoms with Gasteiger partial charge in [-0.3, -0.25) is 9.59 Å². The van der Waals surface area contributed by atoms with Crippen molar-refractivity contribution in [2.45, 2.75) is 57.5 Å². The highest BCUT2D eigenvalue weighted by Gasteiger charge is 2.36. The fourth-order valence-corrected chi connectivity index (χ4v) is 4.46. The molecule has 1 heterocycles. The highest BCUT2D eigenvalue weighted by atomic mass is 32.2. The molecule has 132 valence electrons. The minimum Gasteiger partial charge on any atom is -0.344 e. The molecule has 0 aromatic carbocycles. The third kappa shape index (κ3) is 5.46. The number of nitrogens with one attached hydrogen (secondary N) is 2. The van der Waals surface area contributed by atoms with Gasteiger partial charge >= 0.3 is 0 Å². The molecule has 2 aliphatic rings. The van der Waals surface area contributed by atoms with Gasteiger partial charge in [-0.15, -0.1) is 0 Å². The van der Waals surface area contributed by atoms with Gasteiger partial charge in [0, 0.05) is 26.1 Å². The SMILES string of the molecule is CC(=O)N[C@H](C(=O)N1CCC[C@@H](NS(C)(=O)=O)C1)C1CCCC1. The van der Waals surface area contributed by atoms with Crippen molar-refractivity contribution < 1.29 is 18.0 Å². The van der Waals surface area contributed by atoms with Crippen molar-refractivity contribution in [3.05, 3.63) is 0 Å². The molecule has 2 N–H and O–H groups in total. The fraction of sp³-hybridized carbons (Fsp3) is 0.867. The first-order chi connectivity index (χ1) is 10.8. The van der Waals surface area contributed by atoms with Gasteiger partial charge in [0.2, 0.25) is 21.8 Å². The van der Waals surface area contributed by atoms with Gasteiger partial charge in [0.25, 0.3) is 0 Å². The zero-order valence-electron chi connectivity index (χ0n) is 13.9. The lowest BCUT2D eigenvalue weighted by Crippen LogP contribution is -2.56. The topological polar surface area (TPSA) is 95.6 Å². The van der Waals surface area contributed by atoms with Crippen molar-refractivity contribution in [3.63, 3.8) is 0 Å². The Balaban J connectivity index is 2.04. The Morgan fingerprint density at radius 3 is 2.35 bits per heavy atom. The smallest absolute Gasteiger partial charge is 0.245 e. The van der Waals surface area contributed by atoms with Crippen LogP contribution in [0.1, 0.15) is 45.4 Å². The second kappa shape index (κ2) is 7.61. The zero-order chi connectivity index (χ0) is 17.0. The lowest BCUT2D eigenvalue weighted by molar-refractivity contribution is -0.138. The molecule has 0 aromatic rings. The van der Waals surface area contributed by atoms with Gasteiger partial charge in [-0.25, -0.2) is 13.1 Å². The Morgan fingerprint density at radius 2 is 1.78 bits per heavy atom. The number of sulfonamides is 1. The first-order valence-electron chi connectivity index (χ1n) is 8.29. The van der Waals surface area contributed by atoms with Crippen LogP contribution in [-0.2, 0) is 19.6 Å². The number of carbonyl (C=O) groups excluding carboxylic acids is 2. The first-order valence-corrected chi connectivity index (χ1v) is 10.2. The average molecular weight is 345 g/mol. The largest absolute Gasteiger partial charge is 0.344 e. The maximum absolute atomic E-state index is 12.9. The van der Waals surface area contributed by atoms with E-state index in [2.05, 4.69) is 10.0 Å². The van der Waals surface area contributed by atoms with Gasteiger partial charge in [0.05, 0.1) is 6.26 Å². The van der Waals surface area contributed by atoms with E-state index in [0.717, 1.165) is 44.8 Å². The van der Waals surface area contributed by atoms with E-state index in [1.165, 1.54) is 6.92 Å². The Morgan fingerprint density at radius 1 is 1.13 bits per heavy atom. The van der Waals surface area contributed by atoms with Gasteiger partial charge in [-0.1, -0.05) is 12.8 Å². The summed E-state index contributed by atoms with van der Waals surface area (Å²) in [4.78, 5) is 26.0. The summed E-state index contributed by atoms with van der Waals surface area (Å²) in [7, 11) is -3.29. The van der Waals surface area contributed by atoms with Crippen molar-refractivity contribution in [2.75, 3.05) is 19.3 Å². The number of hydrogen-bond donors (Lipinski definition) is 2. The maximum atomic E-state index is 12.9. The first kappa shape index (κ1) is 18.2. The van der Waals surface area contributed by atoms with Crippen LogP contribution in [0, 0.1) is 5.92 Å². The molecule has 8 heteroatoms. The van der Waals surface area contributed by atoms with E-state index in [9.17, 15) is 18.0 Å². The molecule has 2 amide bonds. The van der Waals surface area contributed by atoms with Crippen LogP contribution < -0.4 is 10.0 Å². The van der Waals surface area contributed by atoms with E-state index in [1.807, 2.05) is 0 Å². The number of likely N-dealkylation sites (tertiary alicyclic amines) is 1. The van der Waals surface area contributed by atoms with Gasteiger partial charge in [-0.2, -0.15) is 0 Å². The van der Waals surface area contributed by atoms with Crippen molar-refractivity contribution in [2.24, 2.45) is 5.92 Å². The molecule has 0 aromatic heterocycles. The van der Waals surface area contributed by atoms with Crippen molar-refractivity contribution in [3.8, 4) is 0 Å². The molecular weight excluding hydrogens is 318 g/mol. The molecule has 2 atom stereocenters. The molecule has 1 saturated carbocycles. The van der Waals surface area contributed by atoms with E-state index in [-0.39, 0.29) is 23.8 Å². The van der Waals surface area contributed by atoms with Crippen LogP contribution in [0.15, 0.2) is 0 Å². The maximum Gasteiger partial charge on any atom is 0.245 e. The predicted molar refractivity (Wildman–Crippen MR) is 87.1 cm³/mol. The number of nitrogens with zero attached hydrogens (tertiary/aromatic N) is 1. The standard InChI is InChI=1S/C15H27N3O4S/c1-11(19)16-14(12-6-3-4-7-12)15(20)18-9-5-8-13(10-18)17-23(2,21)22/h12-14,17H,3-10H2,1-2H3,(H,16,19)/t13-,14+/m1/s1. The van der Waals surface area contributed by atoms with Crippen LogP contribution in [0.25, 0.3) is 0 Å². The third-order valence-electron chi connectivity index (χ3n) is 4.61. The lowest BCUT2D eigenvalue weighted by atomic mass is 9.95. The lowest BCUT2D eigenvalue weighted by Gasteiger charge is -2.36. The van der Waals surface area contributed by atoms with Gasteiger partial charge in [0.1, 0.15) is 6.04 Å². The van der Waals surface area contributed by atoms with Crippen LogP contribution in [-0.4, -0.2) is 56.6 Å². The summed E-state index contributed by atoms with van der Waals surface area (Å²) in [6.07, 6.45) is 6.71. The van der Waals surface area contributed by atoms with E-state index in [1.54, 1.807) is 4.90 Å². The Labute approximate surface area is 138 Å². The normalized spacial score (nSPS) is 24.4. The minimum absolute atomic E-state index is 0.0768. The van der Waals surface area contributed by atoms with E-state index < -0.39 is 16.1 Å². The molecule has 0 unspecified atom stereocenters. The number of amides is 2. The van der Waals surface area contributed by atoms with Crippen LogP contribution in [0.5, 0.6) is 0 Å². The molecule has 2 rings (SSSR count). The van der Waals surface area contributed by atoms with Crippen molar-refractivity contribution >= 4 is 21.8 Å².